The molecule has 1 aromatic heterocycles. The van der Waals surface area contributed by atoms with Crippen LogP contribution in [-0.4, -0.2) is 119 Å². The van der Waals surface area contributed by atoms with Gasteiger partial charge in [-0.2, -0.15) is 39.5 Å². The first-order chi connectivity index (χ1) is 19.0. The number of ether oxygens (including phenoxy) is 2. The van der Waals surface area contributed by atoms with Crippen molar-refractivity contribution in [2.45, 2.75) is 56.1 Å². The van der Waals surface area contributed by atoms with Gasteiger partial charge in [0.2, 0.25) is 5.88 Å². The molecule has 3 heterocycles. The highest BCUT2D eigenvalue weighted by Crippen LogP contribution is 2.33. The molecule has 0 radical (unpaired) electrons. The molecule has 3 atom stereocenters. The molecular weight excluding hydrogens is 605 g/mol. The van der Waals surface area contributed by atoms with Crippen LogP contribution in [0.1, 0.15) is 18.4 Å². The summed E-state index contributed by atoms with van der Waals surface area (Å²) in [7, 11) is 5.98. The van der Waals surface area contributed by atoms with Gasteiger partial charge in [0.1, 0.15) is 0 Å². The maximum absolute atomic E-state index is 10.6. The molecule has 11 nitrogen and oxygen atoms in total. The minimum atomic E-state index is -5.08. The lowest BCUT2D eigenvalue weighted by Gasteiger charge is -2.33. The molecule has 2 aliphatic rings. The predicted octanol–water partition coefficient (Wildman–Crippen LogP) is 3.28. The number of nitrogens with zero attached hydrogens (tertiary/aromatic N) is 3. The molecule has 242 valence electrons. The maximum Gasteiger partial charge on any atom is 0.490 e. The lowest BCUT2D eigenvalue weighted by molar-refractivity contribution is -0.193. The molecule has 3 rings (SSSR count). The van der Waals surface area contributed by atoms with E-state index in [-0.39, 0.29) is 0 Å². The fourth-order valence-corrected chi connectivity index (χ4v) is 3.61. The SMILES string of the molecule is COc1ncccc1CN1C[C@H](N(C)C)[C@@H]2OCCC[C@@H]21.O=C(O)C(F)(F)F.O=C(O)C(F)(F)F.O=C(O)C(F)(F)F. The lowest BCUT2D eigenvalue weighted by atomic mass is 10.0. The Kier molecular flexibility index (Phi) is 15.0. The molecule has 0 amide bonds. The topological polar surface area (TPSA) is 150 Å². The van der Waals surface area contributed by atoms with E-state index in [0.717, 1.165) is 37.6 Å². The Morgan fingerprint density at radius 2 is 1.43 bits per heavy atom. The van der Waals surface area contributed by atoms with Crippen LogP contribution in [-0.2, 0) is 25.7 Å². The van der Waals surface area contributed by atoms with Gasteiger partial charge in [-0.3, -0.25) is 4.90 Å². The summed E-state index contributed by atoms with van der Waals surface area (Å²) in [6.45, 7) is 2.82. The molecule has 2 saturated heterocycles. The zero-order valence-electron chi connectivity index (χ0n) is 22.1. The average molecular weight is 633 g/mol. The Labute approximate surface area is 232 Å². The Balaban J connectivity index is 0.000000660. The number of rotatable bonds is 4. The molecule has 0 unspecified atom stereocenters. The zero-order valence-corrected chi connectivity index (χ0v) is 22.1. The van der Waals surface area contributed by atoms with Gasteiger partial charge in [0.25, 0.3) is 0 Å². The summed E-state index contributed by atoms with van der Waals surface area (Å²) in [5.41, 5.74) is 1.16. The van der Waals surface area contributed by atoms with Gasteiger partial charge in [-0.05, 0) is 33.0 Å². The Morgan fingerprint density at radius 3 is 1.81 bits per heavy atom. The highest BCUT2D eigenvalue weighted by Gasteiger charge is 2.45. The van der Waals surface area contributed by atoms with E-state index in [2.05, 4.69) is 34.9 Å². The van der Waals surface area contributed by atoms with Crippen molar-refractivity contribution < 1.29 is 78.7 Å². The number of pyridine rings is 1. The number of likely N-dealkylation sites (tertiary alicyclic amines) is 1. The van der Waals surface area contributed by atoms with E-state index < -0.39 is 36.4 Å². The minimum Gasteiger partial charge on any atom is -0.481 e. The quantitative estimate of drug-likeness (QED) is 0.420. The number of methoxy groups -OCH3 is 1. The van der Waals surface area contributed by atoms with Crippen molar-refractivity contribution in [3.8, 4) is 5.88 Å². The number of fused-ring (bicyclic) bond motifs is 1. The summed E-state index contributed by atoms with van der Waals surface area (Å²) in [6.07, 6.45) is -10.8. The van der Waals surface area contributed by atoms with Crippen LogP contribution < -0.4 is 4.74 Å². The summed E-state index contributed by atoms with van der Waals surface area (Å²) in [6, 6.07) is 5.06. The third-order valence-corrected chi connectivity index (χ3v) is 5.41. The highest BCUT2D eigenvalue weighted by molar-refractivity contribution is 5.73. The number of alkyl halides is 9. The van der Waals surface area contributed by atoms with E-state index in [9.17, 15) is 39.5 Å². The fourth-order valence-electron chi connectivity index (χ4n) is 3.61. The number of likely N-dealkylation sites (N-methyl/N-ethyl adjacent to an activating group) is 1. The largest absolute Gasteiger partial charge is 0.490 e. The van der Waals surface area contributed by atoms with Crippen molar-refractivity contribution in [3.05, 3.63) is 23.9 Å². The van der Waals surface area contributed by atoms with Crippen molar-refractivity contribution in [2.24, 2.45) is 0 Å². The van der Waals surface area contributed by atoms with Gasteiger partial charge in [0.15, 0.2) is 0 Å². The number of carbonyl (C=O) groups is 3. The number of aliphatic carboxylic acids is 3. The summed E-state index contributed by atoms with van der Waals surface area (Å²) < 4.78 is 107. The Morgan fingerprint density at radius 1 is 0.976 bits per heavy atom. The smallest absolute Gasteiger partial charge is 0.481 e. The highest BCUT2D eigenvalue weighted by atomic mass is 19.4. The average Bonchev–Trinajstić information content (AvgIpc) is 3.22. The maximum atomic E-state index is 10.6. The van der Waals surface area contributed by atoms with E-state index in [4.69, 9.17) is 39.2 Å². The summed E-state index contributed by atoms with van der Waals surface area (Å²) in [5, 5.41) is 21.4. The van der Waals surface area contributed by atoms with E-state index in [0.29, 0.717) is 18.2 Å². The molecule has 0 saturated carbocycles. The third-order valence-electron chi connectivity index (χ3n) is 5.41. The molecule has 42 heavy (non-hydrogen) atoms. The van der Waals surface area contributed by atoms with Crippen LogP contribution >= 0.6 is 0 Å². The number of aromatic nitrogens is 1. The molecule has 2 aliphatic heterocycles. The minimum absolute atomic E-state index is 0.330. The first-order valence-electron chi connectivity index (χ1n) is 11.4. The van der Waals surface area contributed by atoms with Crippen molar-refractivity contribution in [3.63, 3.8) is 0 Å². The van der Waals surface area contributed by atoms with Gasteiger partial charge < -0.3 is 29.7 Å². The van der Waals surface area contributed by atoms with Gasteiger partial charge in [-0.25, -0.2) is 19.4 Å². The van der Waals surface area contributed by atoms with Crippen LogP contribution in [0.25, 0.3) is 0 Å². The predicted molar refractivity (Wildman–Crippen MR) is 123 cm³/mol. The summed E-state index contributed by atoms with van der Waals surface area (Å²) in [4.78, 5) is 35.8. The number of halogens is 9. The molecule has 2 fully saturated rings. The summed E-state index contributed by atoms with van der Waals surface area (Å²) in [5.74, 6) is -7.54. The van der Waals surface area contributed by atoms with Gasteiger partial charge >= 0.3 is 36.4 Å². The van der Waals surface area contributed by atoms with E-state index in [1.165, 1.54) is 6.42 Å². The molecular formula is C22H28F9N3O8. The molecule has 0 bridgehead atoms. The molecule has 1 aromatic rings. The number of carboxylic acid groups (broad SMARTS) is 3. The number of carboxylic acids is 3. The first kappa shape index (κ1) is 38.6. The van der Waals surface area contributed by atoms with Gasteiger partial charge in [-0.1, -0.05) is 6.07 Å². The molecule has 0 aliphatic carbocycles. The van der Waals surface area contributed by atoms with Gasteiger partial charge in [-0.15, -0.1) is 0 Å². The lowest BCUT2D eigenvalue weighted by Crippen LogP contribution is -2.45. The van der Waals surface area contributed by atoms with E-state index >= 15 is 0 Å². The van der Waals surface area contributed by atoms with Crippen LogP contribution in [0.3, 0.4) is 0 Å². The Bertz CT molecular complexity index is 963. The Hall–Kier alpha value is -3.39. The second-order valence-electron chi connectivity index (χ2n) is 8.59. The van der Waals surface area contributed by atoms with E-state index in [1.807, 2.05) is 6.07 Å². The second-order valence-corrected chi connectivity index (χ2v) is 8.59. The van der Waals surface area contributed by atoms with Crippen LogP contribution in [0.2, 0.25) is 0 Å². The van der Waals surface area contributed by atoms with Crippen LogP contribution in [0.5, 0.6) is 5.88 Å². The summed E-state index contributed by atoms with van der Waals surface area (Å²) >= 11 is 0. The van der Waals surface area contributed by atoms with Gasteiger partial charge in [0, 0.05) is 43.5 Å². The molecule has 20 heteroatoms. The fraction of sp³-hybridized carbons (Fsp3) is 0.636. The second kappa shape index (κ2) is 16.3. The zero-order chi connectivity index (χ0) is 33.1. The number of hydrogen-bond donors (Lipinski definition) is 3. The standard InChI is InChI=1S/C16H25N3O2.3C2HF3O2/c1-18(2)14-11-19(13-7-5-9-21-15(13)14)10-12-6-4-8-17-16(12)20-3;3*3-2(4,5)1(6)7/h4,6,8,13-15H,5,7,9-11H2,1-3H3;3*(H,6,7)/t13-,14-,15+;;;/m0.../s1. The number of hydrogen-bond acceptors (Lipinski definition) is 8. The molecule has 3 N–H and O–H groups in total. The first-order valence-corrected chi connectivity index (χ1v) is 11.4. The van der Waals surface area contributed by atoms with Crippen molar-refractivity contribution in [1.82, 2.24) is 14.8 Å². The van der Waals surface area contributed by atoms with Crippen molar-refractivity contribution in [1.29, 1.82) is 0 Å². The normalized spacial score (nSPS) is 20.5. The molecule has 0 aromatic carbocycles. The molecule has 0 spiro atoms. The van der Waals surface area contributed by atoms with Crippen LogP contribution in [0, 0.1) is 0 Å². The van der Waals surface area contributed by atoms with E-state index in [1.54, 1.807) is 13.3 Å². The van der Waals surface area contributed by atoms with Crippen LogP contribution in [0.15, 0.2) is 18.3 Å². The monoisotopic (exact) mass is 633 g/mol. The third kappa shape index (κ3) is 13.5. The van der Waals surface area contributed by atoms with Crippen LogP contribution in [0.4, 0.5) is 39.5 Å². The van der Waals surface area contributed by atoms with Crippen molar-refractivity contribution in [2.75, 3.05) is 34.4 Å². The van der Waals surface area contributed by atoms with Crippen molar-refractivity contribution >= 4 is 17.9 Å². The van der Waals surface area contributed by atoms with Gasteiger partial charge in [0.05, 0.1) is 13.2 Å².